The number of carbonyl (C=O) groups excluding carboxylic acids is 2. The molecule has 0 saturated carbocycles. The Kier molecular flexibility index (Phi) is 2.71. The van der Waals surface area contributed by atoms with E-state index in [2.05, 4.69) is 20.8 Å². The van der Waals surface area contributed by atoms with Crippen molar-refractivity contribution >= 4 is 23.5 Å². The van der Waals surface area contributed by atoms with Crippen LogP contribution in [0.1, 0.15) is 12.5 Å². The van der Waals surface area contributed by atoms with Crippen molar-refractivity contribution < 1.29 is 9.59 Å². The molecule has 7 nitrogen and oxygen atoms in total. The smallest absolute Gasteiger partial charge is 0.248 e. The first-order chi connectivity index (χ1) is 9.24. The van der Waals surface area contributed by atoms with E-state index in [1.165, 1.54) is 6.33 Å². The summed E-state index contributed by atoms with van der Waals surface area (Å²) < 4.78 is 1.56. The Morgan fingerprint density at radius 2 is 2.16 bits per heavy atom. The van der Waals surface area contributed by atoms with Crippen molar-refractivity contribution in [3.05, 3.63) is 36.7 Å². The average Bonchev–Trinajstić information content (AvgIpc) is 2.86. The van der Waals surface area contributed by atoms with Gasteiger partial charge in [-0.25, -0.2) is 0 Å². The summed E-state index contributed by atoms with van der Waals surface area (Å²) in [6.45, 7) is 0. The zero-order valence-corrected chi connectivity index (χ0v) is 9.91. The van der Waals surface area contributed by atoms with Crippen LogP contribution >= 0.6 is 0 Å². The summed E-state index contributed by atoms with van der Waals surface area (Å²) in [5, 5.41) is 12.8. The van der Waals surface area contributed by atoms with Gasteiger partial charge in [-0.15, -0.1) is 10.2 Å². The number of nitrogens with zero attached hydrogens (tertiary/aromatic N) is 3. The molecule has 1 aromatic heterocycles. The number of hydrogen-bond donors (Lipinski definition) is 2. The van der Waals surface area contributed by atoms with Crippen LogP contribution in [0.5, 0.6) is 0 Å². The second kappa shape index (κ2) is 4.52. The number of fused-ring (bicyclic) bond motifs is 1. The summed E-state index contributed by atoms with van der Waals surface area (Å²) in [5.41, 5.74) is 0.688. The Morgan fingerprint density at radius 3 is 2.95 bits per heavy atom. The van der Waals surface area contributed by atoms with Gasteiger partial charge in [0.05, 0.1) is 6.42 Å². The first-order valence-electron chi connectivity index (χ1n) is 5.79. The molecule has 0 aliphatic carbocycles. The highest BCUT2D eigenvalue weighted by Crippen LogP contribution is 2.23. The minimum absolute atomic E-state index is 0.0731. The second-order valence-electron chi connectivity index (χ2n) is 4.19. The van der Waals surface area contributed by atoms with Crippen LogP contribution < -0.4 is 10.6 Å². The molecule has 0 bridgehead atoms. The molecule has 2 amide bonds. The van der Waals surface area contributed by atoms with E-state index in [0.29, 0.717) is 11.6 Å². The van der Waals surface area contributed by atoms with Gasteiger partial charge in [0.2, 0.25) is 17.8 Å². The van der Waals surface area contributed by atoms with Crippen molar-refractivity contribution in [3.8, 4) is 0 Å². The van der Waals surface area contributed by atoms with Gasteiger partial charge in [0.25, 0.3) is 0 Å². The van der Waals surface area contributed by atoms with Crippen molar-refractivity contribution in [1.29, 1.82) is 0 Å². The van der Waals surface area contributed by atoms with Crippen molar-refractivity contribution in [2.24, 2.45) is 0 Å². The molecule has 2 aromatic rings. The molecule has 1 atom stereocenters. The highest BCUT2D eigenvalue weighted by molar-refractivity contribution is 6.00. The molecule has 19 heavy (non-hydrogen) atoms. The van der Waals surface area contributed by atoms with Crippen LogP contribution in [-0.2, 0) is 9.59 Å². The molecule has 1 aliphatic rings. The Labute approximate surface area is 108 Å². The van der Waals surface area contributed by atoms with E-state index in [1.807, 2.05) is 18.2 Å². The molecule has 0 unspecified atom stereocenters. The lowest BCUT2D eigenvalue weighted by molar-refractivity contribution is -0.125. The number of para-hydroxylation sites is 1. The summed E-state index contributed by atoms with van der Waals surface area (Å²) in [6.07, 6.45) is 1.51. The van der Waals surface area contributed by atoms with E-state index < -0.39 is 6.04 Å². The normalized spacial score (nSPS) is 17.5. The van der Waals surface area contributed by atoms with E-state index in [9.17, 15) is 9.59 Å². The second-order valence-corrected chi connectivity index (χ2v) is 4.19. The van der Waals surface area contributed by atoms with Crippen LogP contribution in [-0.4, -0.2) is 26.6 Å². The number of benzene rings is 1. The first-order valence-corrected chi connectivity index (χ1v) is 5.79. The number of aromatic nitrogens is 3. The van der Waals surface area contributed by atoms with Gasteiger partial charge in [-0.1, -0.05) is 18.2 Å². The van der Waals surface area contributed by atoms with Crippen LogP contribution in [0, 0.1) is 0 Å². The molecule has 0 radical (unpaired) electrons. The lowest BCUT2D eigenvalue weighted by atomic mass is 10.1. The summed E-state index contributed by atoms with van der Waals surface area (Å²) in [7, 11) is 0. The highest BCUT2D eigenvalue weighted by atomic mass is 16.2. The molecule has 0 saturated heterocycles. The fourth-order valence-corrected chi connectivity index (χ4v) is 1.98. The van der Waals surface area contributed by atoms with E-state index >= 15 is 0 Å². The van der Waals surface area contributed by atoms with Crippen LogP contribution in [0.2, 0.25) is 0 Å². The molecule has 0 fully saturated rings. The third-order valence-electron chi connectivity index (χ3n) is 2.88. The van der Waals surface area contributed by atoms with Gasteiger partial charge in [-0.05, 0) is 12.1 Å². The lowest BCUT2D eigenvalue weighted by Gasteiger charge is -2.23. The summed E-state index contributed by atoms with van der Waals surface area (Å²) in [5.74, 6) is -0.208. The van der Waals surface area contributed by atoms with Gasteiger partial charge in [0, 0.05) is 5.69 Å². The topological polar surface area (TPSA) is 88.9 Å². The Bertz CT molecular complexity index is 622. The largest absolute Gasteiger partial charge is 0.324 e. The van der Waals surface area contributed by atoms with Crippen LogP contribution in [0.25, 0.3) is 0 Å². The zero-order chi connectivity index (χ0) is 13.2. The predicted molar refractivity (Wildman–Crippen MR) is 67.4 cm³/mol. The molecule has 2 N–H and O–H groups in total. The number of nitrogens with one attached hydrogen (secondary N) is 2. The molecule has 96 valence electrons. The van der Waals surface area contributed by atoms with Gasteiger partial charge in [0.15, 0.2) is 0 Å². The van der Waals surface area contributed by atoms with Crippen molar-refractivity contribution in [3.63, 3.8) is 0 Å². The summed E-state index contributed by atoms with van der Waals surface area (Å²) >= 11 is 0. The quantitative estimate of drug-likeness (QED) is 0.832. The average molecular weight is 257 g/mol. The highest BCUT2D eigenvalue weighted by Gasteiger charge is 2.31. The van der Waals surface area contributed by atoms with Crippen molar-refractivity contribution in [2.45, 2.75) is 12.5 Å². The maximum absolute atomic E-state index is 12.2. The third kappa shape index (κ3) is 2.17. The standard InChI is InChI=1S/C12H11N5O2/c18-10-6-9(17-7-13-16-12(17)15-10)11(19)14-8-4-2-1-3-5-8/h1-5,7,9H,6H2,(H,14,19)(H,15,16,18)/t9-/m0/s1. The van der Waals surface area contributed by atoms with Gasteiger partial charge >= 0.3 is 0 Å². The fraction of sp³-hybridized carbons (Fsp3) is 0.167. The molecule has 0 spiro atoms. The molecular formula is C12H11N5O2. The number of hydrogen-bond acceptors (Lipinski definition) is 4. The molecule has 1 aromatic carbocycles. The minimum atomic E-state index is -0.626. The minimum Gasteiger partial charge on any atom is -0.324 e. The van der Waals surface area contributed by atoms with Crippen LogP contribution in [0.4, 0.5) is 11.6 Å². The summed E-state index contributed by atoms with van der Waals surface area (Å²) in [4.78, 5) is 23.7. The number of amides is 2. The monoisotopic (exact) mass is 257 g/mol. The summed E-state index contributed by atoms with van der Waals surface area (Å²) in [6, 6.07) is 8.46. The van der Waals surface area contributed by atoms with Gasteiger partial charge in [-0.3, -0.25) is 19.5 Å². The Balaban J connectivity index is 1.83. The first kappa shape index (κ1) is 11.4. The number of anilines is 2. The van der Waals surface area contributed by atoms with E-state index in [4.69, 9.17) is 0 Å². The van der Waals surface area contributed by atoms with Crippen LogP contribution in [0.3, 0.4) is 0 Å². The van der Waals surface area contributed by atoms with E-state index in [1.54, 1.807) is 16.7 Å². The molecule has 7 heteroatoms. The van der Waals surface area contributed by atoms with Crippen molar-refractivity contribution in [2.75, 3.05) is 10.6 Å². The van der Waals surface area contributed by atoms with Crippen molar-refractivity contribution in [1.82, 2.24) is 14.8 Å². The zero-order valence-electron chi connectivity index (χ0n) is 9.91. The number of rotatable bonds is 2. The van der Waals surface area contributed by atoms with E-state index in [0.717, 1.165) is 0 Å². The third-order valence-corrected chi connectivity index (χ3v) is 2.88. The number of carbonyl (C=O) groups is 2. The van der Waals surface area contributed by atoms with Gasteiger partial charge in [0.1, 0.15) is 12.4 Å². The maximum Gasteiger partial charge on any atom is 0.248 e. The molecule has 3 rings (SSSR count). The SMILES string of the molecule is O=C1C[C@@H](C(=O)Nc2ccccc2)n2cnnc2N1. The van der Waals surface area contributed by atoms with Gasteiger partial charge in [-0.2, -0.15) is 0 Å². The van der Waals surface area contributed by atoms with E-state index in [-0.39, 0.29) is 18.2 Å². The Morgan fingerprint density at radius 1 is 1.37 bits per heavy atom. The molecular weight excluding hydrogens is 246 g/mol. The Hall–Kier alpha value is -2.70. The fourth-order valence-electron chi connectivity index (χ4n) is 1.98. The van der Waals surface area contributed by atoms with Crippen LogP contribution in [0.15, 0.2) is 36.7 Å². The molecule has 2 heterocycles. The predicted octanol–water partition coefficient (Wildman–Crippen LogP) is 0.800. The maximum atomic E-state index is 12.2. The molecule has 1 aliphatic heterocycles. The lowest BCUT2D eigenvalue weighted by Crippen LogP contribution is -2.35. The van der Waals surface area contributed by atoms with Gasteiger partial charge < -0.3 is 5.32 Å².